The van der Waals surface area contributed by atoms with Gasteiger partial charge < -0.3 is 10.1 Å². The predicted molar refractivity (Wildman–Crippen MR) is 147 cm³/mol. The van der Waals surface area contributed by atoms with E-state index in [1.54, 1.807) is 36.4 Å². The number of carbonyl (C=O) groups is 1. The molecule has 0 aliphatic rings. The fraction of sp³-hybridized carbons (Fsp3) is 0.185. The van der Waals surface area contributed by atoms with Gasteiger partial charge in [-0.25, -0.2) is 4.98 Å². The highest BCUT2D eigenvalue weighted by Gasteiger charge is 2.16. The van der Waals surface area contributed by atoms with Gasteiger partial charge in [-0.3, -0.25) is 9.59 Å². The number of anilines is 1. The van der Waals surface area contributed by atoms with Crippen molar-refractivity contribution in [2.24, 2.45) is 5.10 Å². The van der Waals surface area contributed by atoms with Gasteiger partial charge >= 0.3 is 0 Å². The highest BCUT2D eigenvalue weighted by molar-refractivity contribution is 9.10. The average molecular weight is 568 g/mol. The zero-order chi connectivity index (χ0) is 25.7. The molecule has 0 aliphatic carbocycles. The lowest BCUT2D eigenvalue weighted by Crippen LogP contribution is -2.24. The summed E-state index contributed by atoms with van der Waals surface area (Å²) in [6.45, 7) is 3.82. The maximum atomic E-state index is 13.4. The van der Waals surface area contributed by atoms with Crippen LogP contribution in [0.15, 0.2) is 81.1 Å². The van der Waals surface area contributed by atoms with Gasteiger partial charge in [0.05, 0.1) is 17.1 Å². The van der Waals surface area contributed by atoms with Gasteiger partial charge in [0.25, 0.3) is 11.5 Å². The first-order valence-electron chi connectivity index (χ1n) is 11.4. The smallest absolute Gasteiger partial charge is 0.282 e. The molecule has 7 nitrogen and oxygen atoms in total. The minimum absolute atomic E-state index is 0.000314. The molecule has 4 aromatic rings. The summed E-state index contributed by atoms with van der Waals surface area (Å²) in [4.78, 5) is 30.4. The van der Waals surface area contributed by atoms with E-state index in [-0.39, 0.29) is 24.0 Å². The standard InChI is InChI=1S/C27H24BrClN4O3/c1-3-17(2)26-32-23-11-9-19(28)14-22(23)27(35)33(26)30-15-18-13-20(29)10-12-24(18)36-16-25(34)31-21-7-5-4-6-8-21/h4-15,17H,3,16H2,1-2H3,(H,31,34)/t17-/m1/s1. The van der Waals surface area contributed by atoms with Gasteiger partial charge in [0.1, 0.15) is 11.6 Å². The fourth-order valence-electron chi connectivity index (χ4n) is 3.51. The molecule has 1 heterocycles. The van der Waals surface area contributed by atoms with Crippen LogP contribution >= 0.6 is 27.5 Å². The maximum absolute atomic E-state index is 13.4. The second-order valence-electron chi connectivity index (χ2n) is 8.19. The van der Waals surface area contributed by atoms with E-state index >= 15 is 0 Å². The van der Waals surface area contributed by atoms with Crippen LogP contribution in [-0.2, 0) is 4.79 Å². The first kappa shape index (κ1) is 25.6. The van der Waals surface area contributed by atoms with Gasteiger partial charge in [0, 0.05) is 26.7 Å². The van der Waals surface area contributed by atoms with Crippen LogP contribution in [-0.4, -0.2) is 28.4 Å². The van der Waals surface area contributed by atoms with Crippen molar-refractivity contribution >= 4 is 56.2 Å². The largest absolute Gasteiger partial charge is 0.483 e. The summed E-state index contributed by atoms with van der Waals surface area (Å²) >= 11 is 9.63. The van der Waals surface area contributed by atoms with Crippen LogP contribution < -0.4 is 15.6 Å². The van der Waals surface area contributed by atoms with E-state index in [4.69, 9.17) is 21.3 Å². The minimum atomic E-state index is -0.307. The Morgan fingerprint density at radius 3 is 2.72 bits per heavy atom. The van der Waals surface area contributed by atoms with E-state index in [1.807, 2.05) is 44.2 Å². The van der Waals surface area contributed by atoms with Gasteiger partial charge in [-0.2, -0.15) is 9.78 Å². The molecular weight excluding hydrogens is 544 g/mol. The van der Waals surface area contributed by atoms with Crippen molar-refractivity contribution in [1.82, 2.24) is 9.66 Å². The summed E-state index contributed by atoms with van der Waals surface area (Å²) in [6, 6.07) is 19.5. The van der Waals surface area contributed by atoms with Gasteiger partial charge in [0.2, 0.25) is 0 Å². The summed E-state index contributed by atoms with van der Waals surface area (Å²) in [5, 5.41) is 8.18. The molecule has 1 atom stereocenters. The summed E-state index contributed by atoms with van der Waals surface area (Å²) < 4.78 is 7.85. The number of para-hydroxylation sites is 1. The normalized spacial score (nSPS) is 12.1. The van der Waals surface area contributed by atoms with Crippen molar-refractivity contribution in [3.8, 4) is 5.75 Å². The Kier molecular flexibility index (Phi) is 8.18. The second-order valence-corrected chi connectivity index (χ2v) is 9.54. The Labute approximate surface area is 221 Å². The summed E-state index contributed by atoms with van der Waals surface area (Å²) in [5.41, 5.74) is 1.53. The molecule has 0 fully saturated rings. The van der Waals surface area contributed by atoms with Crippen molar-refractivity contribution < 1.29 is 9.53 Å². The minimum Gasteiger partial charge on any atom is -0.483 e. The number of hydrogen-bond donors (Lipinski definition) is 1. The number of hydrogen-bond acceptors (Lipinski definition) is 5. The monoisotopic (exact) mass is 566 g/mol. The molecule has 184 valence electrons. The zero-order valence-corrected chi connectivity index (χ0v) is 22.1. The molecule has 1 N–H and O–H groups in total. The van der Waals surface area contributed by atoms with Gasteiger partial charge in [0.15, 0.2) is 6.61 Å². The number of halogens is 2. The molecule has 1 aromatic heterocycles. The van der Waals surface area contributed by atoms with E-state index in [0.29, 0.717) is 38.8 Å². The quantitative estimate of drug-likeness (QED) is 0.256. The van der Waals surface area contributed by atoms with Crippen molar-refractivity contribution in [3.63, 3.8) is 0 Å². The topological polar surface area (TPSA) is 85.6 Å². The molecule has 0 spiro atoms. The van der Waals surface area contributed by atoms with Crippen LogP contribution in [0.1, 0.15) is 37.6 Å². The van der Waals surface area contributed by atoms with Crippen molar-refractivity contribution in [2.45, 2.75) is 26.2 Å². The first-order valence-corrected chi connectivity index (χ1v) is 12.6. The average Bonchev–Trinajstić information content (AvgIpc) is 2.88. The SMILES string of the molecule is CC[C@@H](C)c1nc2ccc(Br)cc2c(=O)n1N=Cc1cc(Cl)ccc1OCC(=O)Nc1ccccc1. The van der Waals surface area contributed by atoms with E-state index in [2.05, 4.69) is 26.3 Å². The fourth-order valence-corrected chi connectivity index (χ4v) is 4.05. The number of aromatic nitrogens is 2. The van der Waals surface area contributed by atoms with Crippen LogP contribution in [0.3, 0.4) is 0 Å². The Morgan fingerprint density at radius 1 is 1.19 bits per heavy atom. The lowest BCUT2D eigenvalue weighted by atomic mass is 10.1. The second kappa shape index (κ2) is 11.5. The predicted octanol–water partition coefficient (Wildman–Crippen LogP) is 6.23. The summed E-state index contributed by atoms with van der Waals surface area (Å²) in [7, 11) is 0. The molecule has 0 saturated heterocycles. The molecule has 9 heteroatoms. The van der Waals surface area contributed by atoms with E-state index in [1.165, 1.54) is 10.9 Å². The number of carbonyl (C=O) groups excluding carboxylic acids is 1. The van der Waals surface area contributed by atoms with Crippen molar-refractivity contribution in [2.75, 3.05) is 11.9 Å². The van der Waals surface area contributed by atoms with Crippen LogP contribution in [0.4, 0.5) is 5.69 Å². The molecule has 0 unspecified atom stereocenters. The first-order chi connectivity index (χ1) is 17.4. The molecule has 0 radical (unpaired) electrons. The maximum Gasteiger partial charge on any atom is 0.282 e. The number of rotatable bonds is 8. The van der Waals surface area contributed by atoms with E-state index < -0.39 is 0 Å². The lowest BCUT2D eigenvalue weighted by molar-refractivity contribution is -0.118. The number of nitrogens with zero attached hydrogens (tertiary/aromatic N) is 3. The van der Waals surface area contributed by atoms with Crippen molar-refractivity contribution in [3.05, 3.63) is 98.0 Å². The van der Waals surface area contributed by atoms with Crippen LogP contribution in [0.5, 0.6) is 5.75 Å². The molecule has 4 rings (SSSR count). The zero-order valence-electron chi connectivity index (χ0n) is 19.7. The third-order valence-electron chi connectivity index (χ3n) is 5.59. The Bertz CT molecular complexity index is 1490. The summed E-state index contributed by atoms with van der Waals surface area (Å²) in [6.07, 6.45) is 2.28. The number of fused-ring (bicyclic) bond motifs is 1. The van der Waals surface area contributed by atoms with Crippen molar-refractivity contribution in [1.29, 1.82) is 0 Å². The van der Waals surface area contributed by atoms with Crippen LogP contribution in [0.2, 0.25) is 5.02 Å². The molecule has 1 amide bonds. The third-order valence-corrected chi connectivity index (χ3v) is 6.32. The van der Waals surface area contributed by atoms with E-state index in [9.17, 15) is 9.59 Å². The molecule has 0 saturated carbocycles. The number of ether oxygens (including phenoxy) is 1. The van der Waals surface area contributed by atoms with Gasteiger partial charge in [-0.1, -0.05) is 59.6 Å². The number of amides is 1. The Morgan fingerprint density at radius 2 is 1.97 bits per heavy atom. The molecule has 3 aromatic carbocycles. The highest BCUT2D eigenvalue weighted by atomic mass is 79.9. The third kappa shape index (κ3) is 6.01. The Balaban J connectivity index is 1.65. The molecular formula is C27H24BrClN4O3. The summed E-state index contributed by atoms with van der Waals surface area (Å²) in [5.74, 6) is 0.652. The van der Waals surface area contributed by atoms with E-state index in [0.717, 1.165) is 10.9 Å². The lowest BCUT2D eigenvalue weighted by Gasteiger charge is -2.14. The van der Waals surface area contributed by atoms with Gasteiger partial charge in [-0.15, -0.1) is 0 Å². The molecule has 0 bridgehead atoms. The highest BCUT2D eigenvalue weighted by Crippen LogP contribution is 2.23. The molecule has 36 heavy (non-hydrogen) atoms. The molecule has 0 aliphatic heterocycles. The van der Waals surface area contributed by atoms with Gasteiger partial charge in [-0.05, 0) is 55.0 Å². The van der Waals surface area contributed by atoms with Crippen LogP contribution in [0.25, 0.3) is 10.9 Å². The van der Waals surface area contributed by atoms with Crippen LogP contribution in [0, 0.1) is 0 Å². The number of nitrogens with one attached hydrogen (secondary N) is 1. The number of benzene rings is 3. The Hall–Kier alpha value is -3.49.